The second kappa shape index (κ2) is 10.8. The van der Waals surface area contributed by atoms with Gasteiger partial charge in [-0.2, -0.15) is 13.2 Å². The zero-order chi connectivity index (χ0) is 26.7. The lowest BCUT2D eigenvalue weighted by molar-refractivity contribution is -0.138. The van der Waals surface area contributed by atoms with Gasteiger partial charge in [0.05, 0.1) is 11.3 Å². The molecule has 1 N–H and O–H groups in total. The van der Waals surface area contributed by atoms with E-state index in [1.165, 1.54) is 6.07 Å². The summed E-state index contributed by atoms with van der Waals surface area (Å²) in [4.78, 5) is 8.67. The molecule has 0 spiro atoms. The molecule has 1 aliphatic rings. The number of aromatic nitrogens is 4. The zero-order valence-electron chi connectivity index (χ0n) is 21.3. The van der Waals surface area contributed by atoms with Gasteiger partial charge >= 0.3 is 6.18 Å². The summed E-state index contributed by atoms with van der Waals surface area (Å²) in [6, 6.07) is 12.0. The molecule has 196 valence electrons. The van der Waals surface area contributed by atoms with Gasteiger partial charge in [0.15, 0.2) is 5.65 Å². The van der Waals surface area contributed by atoms with E-state index in [0.717, 1.165) is 43.0 Å². The van der Waals surface area contributed by atoms with Gasteiger partial charge in [0.1, 0.15) is 0 Å². The Labute approximate surface area is 219 Å². The van der Waals surface area contributed by atoms with Crippen molar-refractivity contribution in [3.63, 3.8) is 0 Å². The Morgan fingerprint density at radius 3 is 2.61 bits per heavy atom. The van der Waals surface area contributed by atoms with Crippen LogP contribution in [0.3, 0.4) is 0 Å². The van der Waals surface area contributed by atoms with Crippen molar-refractivity contribution in [2.75, 3.05) is 38.5 Å². The first-order valence-electron chi connectivity index (χ1n) is 12.4. The van der Waals surface area contributed by atoms with Crippen LogP contribution in [-0.2, 0) is 19.3 Å². The first kappa shape index (κ1) is 25.7. The number of fused-ring (bicyclic) bond motifs is 1. The number of halogens is 3. The molecule has 0 saturated carbocycles. The van der Waals surface area contributed by atoms with Crippen LogP contribution in [0.15, 0.2) is 54.9 Å². The van der Waals surface area contributed by atoms with Gasteiger partial charge in [-0.3, -0.25) is 14.3 Å². The van der Waals surface area contributed by atoms with Crippen molar-refractivity contribution in [2.24, 2.45) is 0 Å². The van der Waals surface area contributed by atoms with E-state index in [1.54, 1.807) is 22.7 Å². The molecule has 4 heterocycles. The molecule has 1 fully saturated rings. The second-order valence-corrected chi connectivity index (χ2v) is 9.48. The Balaban J connectivity index is 1.31. The van der Waals surface area contributed by atoms with Crippen molar-refractivity contribution >= 4 is 11.3 Å². The summed E-state index contributed by atoms with van der Waals surface area (Å²) in [7, 11) is 2.02. The summed E-state index contributed by atoms with van der Waals surface area (Å²) < 4.78 is 43.5. The minimum atomic E-state index is -4.43. The number of benzene rings is 1. The van der Waals surface area contributed by atoms with E-state index >= 15 is 0 Å². The van der Waals surface area contributed by atoms with Gasteiger partial charge in [0.2, 0.25) is 5.82 Å². The molecule has 0 radical (unpaired) electrons. The summed E-state index contributed by atoms with van der Waals surface area (Å²) in [5.41, 5.74) is 3.08. The van der Waals surface area contributed by atoms with Crippen LogP contribution >= 0.6 is 0 Å². The third-order valence-electron chi connectivity index (χ3n) is 6.67. The average Bonchev–Trinajstić information content (AvgIpc) is 3.32. The van der Waals surface area contributed by atoms with Crippen LogP contribution in [0.2, 0.25) is 0 Å². The molecular weight excluding hydrogens is 491 g/mol. The number of pyridine rings is 2. The van der Waals surface area contributed by atoms with Gasteiger partial charge in [0.25, 0.3) is 0 Å². The lowest BCUT2D eigenvalue weighted by Crippen LogP contribution is -2.44. The largest absolute Gasteiger partial charge is 0.416 e. The third-order valence-corrected chi connectivity index (χ3v) is 6.67. The van der Waals surface area contributed by atoms with Crippen molar-refractivity contribution in [3.8, 4) is 11.8 Å². The van der Waals surface area contributed by atoms with Crippen LogP contribution < -0.4 is 5.32 Å². The normalized spacial score (nSPS) is 14.9. The van der Waals surface area contributed by atoms with Gasteiger partial charge in [-0.05, 0) is 61.4 Å². The predicted octanol–water partition coefficient (Wildman–Crippen LogP) is 4.21. The van der Waals surface area contributed by atoms with Crippen LogP contribution in [0, 0.1) is 18.8 Å². The Kier molecular flexibility index (Phi) is 7.31. The van der Waals surface area contributed by atoms with E-state index < -0.39 is 11.7 Å². The Hall–Kier alpha value is -3.94. The molecule has 0 aliphatic carbocycles. The highest BCUT2D eigenvalue weighted by molar-refractivity contribution is 5.51. The van der Waals surface area contributed by atoms with Gasteiger partial charge in [0, 0.05) is 62.9 Å². The molecule has 0 unspecified atom stereocenters. The van der Waals surface area contributed by atoms with Crippen molar-refractivity contribution in [2.45, 2.75) is 26.2 Å². The lowest BCUT2D eigenvalue weighted by Gasteiger charge is -2.33. The predicted molar refractivity (Wildman–Crippen MR) is 139 cm³/mol. The second-order valence-electron chi connectivity index (χ2n) is 9.48. The number of piperazine rings is 1. The van der Waals surface area contributed by atoms with Crippen LogP contribution in [0.4, 0.5) is 18.9 Å². The molecule has 3 aromatic heterocycles. The topological polar surface area (TPSA) is 61.6 Å². The summed E-state index contributed by atoms with van der Waals surface area (Å²) in [6.45, 7) is 5.68. The number of alkyl halides is 3. The maximum atomic E-state index is 13.9. The molecule has 7 nitrogen and oxygen atoms in total. The highest BCUT2D eigenvalue weighted by atomic mass is 19.4. The molecule has 5 rings (SSSR count). The van der Waals surface area contributed by atoms with Crippen molar-refractivity contribution in [3.05, 3.63) is 88.6 Å². The van der Waals surface area contributed by atoms with Crippen molar-refractivity contribution in [1.82, 2.24) is 29.4 Å². The SMILES string of the molecule is Cc1ncc(CNc2ccc(CN3CCN(C)CC3)c(C(F)(F)F)c2)cc1C#Cc1nnc2ccccn12. The maximum absolute atomic E-state index is 13.9. The fourth-order valence-electron chi connectivity index (χ4n) is 4.39. The van der Waals surface area contributed by atoms with E-state index in [2.05, 4.69) is 42.1 Å². The molecule has 10 heteroatoms. The molecule has 0 bridgehead atoms. The number of nitrogens with one attached hydrogen (secondary N) is 1. The minimum absolute atomic E-state index is 0.286. The molecule has 1 saturated heterocycles. The van der Waals surface area contributed by atoms with Crippen molar-refractivity contribution in [1.29, 1.82) is 0 Å². The minimum Gasteiger partial charge on any atom is -0.381 e. The van der Waals surface area contributed by atoms with E-state index in [4.69, 9.17) is 0 Å². The number of hydrogen-bond acceptors (Lipinski definition) is 6. The lowest BCUT2D eigenvalue weighted by atomic mass is 10.0. The summed E-state index contributed by atoms with van der Waals surface area (Å²) >= 11 is 0. The van der Waals surface area contributed by atoms with Crippen LogP contribution in [-0.4, -0.2) is 62.6 Å². The fraction of sp³-hybridized carbons (Fsp3) is 0.321. The molecule has 4 aromatic rings. The molecule has 38 heavy (non-hydrogen) atoms. The van der Waals surface area contributed by atoms with E-state index in [9.17, 15) is 13.2 Å². The molecule has 1 aromatic carbocycles. The first-order chi connectivity index (χ1) is 18.3. The van der Waals surface area contributed by atoms with Gasteiger partial charge in [-0.1, -0.05) is 18.1 Å². The standard InChI is InChI=1S/C28H28F3N7/c1-20-22(7-9-27-35-34-26-5-3-4-10-38(26)27)15-21(17-32-20)18-33-24-8-6-23(25(16-24)28(29,30)31)19-37-13-11-36(2)12-14-37/h3-6,8,10,15-17,33H,11-14,18-19H2,1-2H3. The summed E-state index contributed by atoms with van der Waals surface area (Å²) in [5, 5.41) is 11.3. The van der Waals surface area contributed by atoms with Gasteiger partial charge in [-0.15, -0.1) is 10.2 Å². The van der Waals surface area contributed by atoms with Crippen LogP contribution in [0.25, 0.3) is 5.65 Å². The molecule has 0 atom stereocenters. The number of nitrogens with zero attached hydrogens (tertiary/aromatic N) is 6. The molecular formula is C28H28F3N7. The number of rotatable bonds is 5. The quantitative estimate of drug-likeness (QED) is 0.399. The average molecular weight is 520 g/mol. The Morgan fingerprint density at radius 2 is 1.82 bits per heavy atom. The summed E-state index contributed by atoms with van der Waals surface area (Å²) in [5.74, 6) is 6.66. The Bertz CT molecular complexity index is 1490. The Morgan fingerprint density at radius 1 is 1.00 bits per heavy atom. The van der Waals surface area contributed by atoms with Gasteiger partial charge < -0.3 is 10.2 Å². The monoisotopic (exact) mass is 519 g/mol. The van der Waals surface area contributed by atoms with Crippen LogP contribution in [0.5, 0.6) is 0 Å². The number of likely N-dealkylation sites (N-methyl/N-ethyl adjacent to an activating group) is 1. The molecule has 1 aliphatic heterocycles. The molecule has 0 amide bonds. The zero-order valence-corrected chi connectivity index (χ0v) is 21.3. The number of hydrogen-bond donors (Lipinski definition) is 1. The number of aryl methyl sites for hydroxylation is 1. The van der Waals surface area contributed by atoms with Crippen LogP contribution in [0.1, 0.15) is 33.8 Å². The fourth-order valence-corrected chi connectivity index (χ4v) is 4.39. The highest BCUT2D eigenvalue weighted by Crippen LogP contribution is 2.34. The van der Waals surface area contributed by atoms with E-state index in [0.29, 0.717) is 29.3 Å². The summed E-state index contributed by atoms with van der Waals surface area (Å²) in [6.07, 6.45) is -0.886. The van der Waals surface area contributed by atoms with E-state index in [1.807, 2.05) is 44.4 Å². The van der Waals surface area contributed by atoms with E-state index in [-0.39, 0.29) is 6.54 Å². The van der Waals surface area contributed by atoms with Crippen molar-refractivity contribution < 1.29 is 13.2 Å². The van der Waals surface area contributed by atoms with Gasteiger partial charge in [-0.25, -0.2) is 0 Å². The first-order valence-corrected chi connectivity index (χ1v) is 12.4. The third kappa shape index (κ3) is 5.96. The smallest absolute Gasteiger partial charge is 0.381 e. The highest BCUT2D eigenvalue weighted by Gasteiger charge is 2.34. The number of anilines is 1. The maximum Gasteiger partial charge on any atom is 0.416 e.